The molecule has 4 aromatic rings. The summed E-state index contributed by atoms with van der Waals surface area (Å²) in [4.78, 5) is 17.4. The van der Waals surface area contributed by atoms with Gasteiger partial charge in [-0.05, 0) is 42.6 Å². The van der Waals surface area contributed by atoms with Gasteiger partial charge >= 0.3 is 6.18 Å². The van der Waals surface area contributed by atoms with E-state index in [1.165, 1.54) is 27.3 Å². The molecule has 0 spiro atoms. The van der Waals surface area contributed by atoms with Crippen LogP contribution in [0.5, 0.6) is 0 Å². The Kier molecular flexibility index (Phi) is 5.66. The summed E-state index contributed by atoms with van der Waals surface area (Å²) < 4.78 is 54.9. The number of aromatic nitrogens is 7. The first-order valence-corrected chi connectivity index (χ1v) is 11.5. The van der Waals surface area contributed by atoms with Crippen LogP contribution in [0, 0.1) is 0 Å². The van der Waals surface area contributed by atoms with Gasteiger partial charge in [-0.25, -0.2) is 24.6 Å². The van der Waals surface area contributed by atoms with Gasteiger partial charge in [-0.1, -0.05) is 11.8 Å². The summed E-state index contributed by atoms with van der Waals surface area (Å²) >= 11 is -0.00836. The van der Waals surface area contributed by atoms with Crippen LogP contribution in [0.4, 0.5) is 13.2 Å². The van der Waals surface area contributed by atoms with Crippen molar-refractivity contribution in [3.8, 4) is 17.3 Å². The van der Waals surface area contributed by atoms with E-state index in [-0.39, 0.29) is 22.7 Å². The van der Waals surface area contributed by atoms with Gasteiger partial charge in [-0.15, -0.1) is 5.10 Å². The Morgan fingerprint density at radius 2 is 1.97 bits per heavy atom. The molecule has 4 aromatic heterocycles. The Morgan fingerprint density at radius 3 is 2.61 bits per heavy atom. The topological polar surface area (TPSA) is 97.4 Å². The van der Waals surface area contributed by atoms with Crippen LogP contribution < -0.4 is 0 Å². The first-order chi connectivity index (χ1) is 14.7. The summed E-state index contributed by atoms with van der Waals surface area (Å²) in [7, 11) is 1.62. The molecule has 31 heavy (non-hydrogen) atoms. The lowest BCUT2D eigenvalue weighted by Gasteiger charge is -2.13. The molecule has 0 amide bonds. The fraction of sp³-hybridized carbons (Fsp3) is 0.278. The van der Waals surface area contributed by atoms with E-state index < -0.39 is 22.9 Å². The van der Waals surface area contributed by atoms with Crippen LogP contribution in [-0.4, -0.2) is 50.8 Å². The van der Waals surface area contributed by atoms with Gasteiger partial charge in [-0.2, -0.15) is 13.2 Å². The Bertz CT molecular complexity index is 1250. The van der Waals surface area contributed by atoms with E-state index in [1.807, 2.05) is 6.26 Å². The molecule has 13 heteroatoms. The number of hydrogen-bond donors (Lipinski definition) is 0. The standard InChI is InChI=1S/C18H16F3N7OS2/c1-4-31(29)12-5-6-13(28-9-23-17(26-28)30-3)25-14(12)16-24-11-7-10(18(19,20)21)8-22-15(11)27(16)2/h5-9H,4H2,1-3H3. The van der Waals surface area contributed by atoms with Crippen molar-refractivity contribution in [1.82, 2.24) is 34.3 Å². The SMILES string of the molecule is CC[S+]([O-])c1ccc(-n2cnc(SC)n2)nc1-c1nc2cc(C(F)(F)F)cnc2n1C. The number of nitrogens with zero attached hydrogens (tertiary/aromatic N) is 7. The van der Waals surface area contributed by atoms with Crippen LogP contribution >= 0.6 is 11.8 Å². The Hall–Kier alpha value is -2.64. The normalized spacial score (nSPS) is 13.1. The van der Waals surface area contributed by atoms with E-state index in [1.54, 1.807) is 26.1 Å². The predicted molar refractivity (Wildman–Crippen MR) is 110 cm³/mol. The van der Waals surface area contributed by atoms with E-state index in [0.29, 0.717) is 21.6 Å². The molecular weight excluding hydrogens is 451 g/mol. The van der Waals surface area contributed by atoms with Crippen molar-refractivity contribution >= 4 is 34.1 Å². The van der Waals surface area contributed by atoms with Gasteiger partial charge < -0.3 is 9.12 Å². The van der Waals surface area contributed by atoms with Gasteiger partial charge in [0.15, 0.2) is 27.9 Å². The molecule has 1 atom stereocenters. The second-order valence-corrected chi connectivity index (χ2v) is 8.87. The monoisotopic (exact) mass is 467 g/mol. The molecule has 0 aliphatic rings. The minimum Gasteiger partial charge on any atom is -0.611 e. The van der Waals surface area contributed by atoms with Crippen LogP contribution in [0.1, 0.15) is 12.5 Å². The highest BCUT2D eigenvalue weighted by molar-refractivity contribution is 7.98. The third kappa shape index (κ3) is 4.00. The lowest BCUT2D eigenvalue weighted by Crippen LogP contribution is -2.11. The molecular formula is C18H16F3N7OS2. The van der Waals surface area contributed by atoms with E-state index in [2.05, 4.69) is 25.0 Å². The largest absolute Gasteiger partial charge is 0.611 e. The van der Waals surface area contributed by atoms with Crippen LogP contribution in [0.25, 0.3) is 28.5 Å². The van der Waals surface area contributed by atoms with Crippen molar-refractivity contribution < 1.29 is 17.7 Å². The molecule has 0 fully saturated rings. The average molecular weight is 468 g/mol. The first-order valence-electron chi connectivity index (χ1n) is 8.98. The third-order valence-corrected chi connectivity index (χ3v) is 6.38. The maximum Gasteiger partial charge on any atom is 0.417 e. The molecule has 0 radical (unpaired) electrons. The van der Waals surface area contributed by atoms with Gasteiger partial charge in [0, 0.05) is 13.2 Å². The molecule has 0 N–H and O–H groups in total. The molecule has 8 nitrogen and oxygen atoms in total. The summed E-state index contributed by atoms with van der Waals surface area (Å²) in [6, 6.07) is 4.26. The predicted octanol–water partition coefficient (Wildman–Crippen LogP) is 3.48. The van der Waals surface area contributed by atoms with Crippen molar-refractivity contribution in [1.29, 1.82) is 0 Å². The number of halogens is 3. The number of aryl methyl sites for hydroxylation is 1. The molecule has 162 valence electrons. The number of fused-ring (bicyclic) bond motifs is 1. The van der Waals surface area contributed by atoms with Crippen LogP contribution in [0.3, 0.4) is 0 Å². The number of alkyl halides is 3. The smallest absolute Gasteiger partial charge is 0.417 e. The second-order valence-electron chi connectivity index (χ2n) is 6.39. The van der Waals surface area contributed by atoms with Crippen molar-refractivity contribution in [3.63, 3.8) is 0 Å². The third-order valence-electron chi connectivity index (χ3n) is 4.49. The molecule has 0 saturated heterocycles. The minimum atomic E-state index is -4.53. The Morgan fingerprint density at radius 1 is 1.19 bits per heavy atom. The fourth-order valence-corrected chi connectivity index (χ4v) is 4.16. The van der Waals surface area contributed by atoms with E-state index >= 15 is 0 Å². The highest BCUT2D eigenvalue weighted by atomic mass is 32.2. The summed E-state index contributed by atoms with van der Waals surface area (Å²) in [5, 5.41) is 4.85. The van der Waals surface area contributed by atoms with Crippen molar-refractivity contribution in [2.24, 2.45) is 7.05 Å². The highest BCUT2D eigenvalue weighted by Crippen LogP contribution is 2.33. The van der Waals surface area contributed by atoms with Crippen molar-refractivity contribution in [2.75, 3.05) is 12.0 Å². The zero-order valence-corrected chi connectivity index (χ0v) is 18.2. The van der Waals surface area contributed by atoms with E-state index in [0.717, 1.165) is 12.3 Å². The van der Waals surface area contributed by atoms with Gasteiger partial charge in [-0.3, -0.25) is 0 Å². The van der Waals surface area contributed by atoms with E-state index in [9.17, 15) is 17.7 Å². The quantitative estimate of drug-likeness (QED) is 0.327. The average Bonchev–Trinajstić information content (AvgIpc) is 3.36. The minimum absolute atomic E-state index is 0.0678. The highest BCUT2D eigenvalue weighted by Gasteiger charge is 2.32. The molecule has 4 rings (SSSR count). The zero-order chi connectivity index (χ0) is 22.3. The maximum atomic E-state index is 13.1. The summed E-state index contributed by atoms with van der Waals surface area (Å²) in [6.07, 6.45) is -0.426. The molecule has 0 aliphatic heterocycles. The van der Waals surface area contributed by atoms with Gasteiger partial charge in [0.2, 0.25) is 5.16 Å². The molecule has 1 unspecified atom stereocenters. The zero-order valence-electron chi connectivity index (χ0n) is 16.6. The number of rotatable bonds is 5. The van der Waals surface area contributed by atoms with Gasteiger partial charge in [0.1, 0.15) is 17.6 Å². The fourth-order valence-electron chi connectivity index (χ4n) is 2.96. The maximum absolute atomic E-state index is 13.1. The number of imidazole rings is 1. The Labute approximate surface area is 182 Å². The van der Waals surface area contributed by atoms with Crippen molar-refractivity contribution in [3.05, 3.63) is 36.3 Å². The summed E-state index contributed by atoms with van der Waals surface area (Å²) in [5.41, 5.74) is -0.282. The second kappa shape index (κ2) is 8.13. The number of hydrogen-bond acceptors (Lipinski definition) is 7. The lowest BCUT2D eigenvalue weighted by molar-refractivity contribution is -0.137. The first kappa shape index (κ1) is 21.6. The Balaban J connectivity index is 1.91. The van der Waals surface area contributed by atoms with E-state index in [4.69, 9.17) is 0 Å². The molecule has 0 bridgehead atoms. The van der Waals surface area contributed by atoms with Crippen LogP contribution in [0.15, 0.2) is 40.8 Å². The molecule has 0 aromatic carbocycles. The molecule has 4 heterocycles. The van der Waals surface area contributed by atoms with Gasteiger partial charge in [0.05, 0.1) is 5.56 Å². The van der Waals surface area contributed by atoms with Gasteiger partial charge in [0.25, 0.3) is 0 Å². The van der Waals surface area contributed by atoms with Crippen LogP contribution in [-0.2, 0) is 24.4 Å². The molecule has 0 saturated carbocycles. The van der Waals surface area contributed by atoms with Crippen molar-refractivity contribution in [2.45, 2.75) is 23.2 Å². The summed E-state index contributed by atoms with van der Waals surface area (Å²) in [6.45, 7) is 1.77. The molecule has 0 aliphatic carbocycles. The lowest BCUT2D eigenvalue weighted by atomic mass is 10.2. The summed E-state index contributed by atoms with van der Waals surface area (Å²) in [5.74, 6) is 1.01. The van der Waals surface area contributed by atoms with Crippen LogP contribution in [0.2, 0.25) is 0 Å². The number of pyridine rings is 2. The number of thioether (sulfide) groups is 1.